The second-order valence-electron chi connectivity index (χ2n) is 5.92. The van der Waals surface area contributed by atoms with E-state index in [1.165, 1.54) is 6.26 Å². The zero-order chi connectivity index (χ0) is 16.8. The van der Waals surface area contributed by atoms with Crippen LogP contribution in [-0.4, -0.2) is 30.3 Å². The van der Waals surface area contributed by atoms with Crippen molar-refractivity contribution in [3.63, 3.8) is 0 Å². The maximum atomic E-state index is 12.4. The third kappa shape index (κ3) is 4.71. The molecule has 5 heteroatoms. The first kappa shape index (κ1) is 16.8. The molecule has 0 aliphatic carbocycles. The summed E-state index contributed by atoms with van der Waals surface area (Å²) >= 11 is 0. The van der Waals surface area contributed by atoms with Crippen molar-refractivity contribution in [3.8, 4) is 0 Å². The first-order chi connectivity index (χ1) is 11.0. The van der Waals surface area contributed by atoms with Crippen LogP contribution in [0, 0.1) is 5.92 Å². The summed E-state index contributed by atoms with van der Waals surface area (Å²) in [6.45, 7) is 4.96. The van der Waals surface area contributed by atoms with Gasteiger partial charge < -0.3 is 14.6 Å². The number of nitrogens with zero attached hydrogens (tertiary/aromatic N) is 1. The van der Waals surface area contributed by atoms with Gasteiger partial charge in [0.1, 0.15) is 0 Å². The zero-order valence-electron chi connectivity index (χ0n) is 13.7. The van der Waals surface area contributed by atoms with Crippen LogP contribution in [0.15, 0.2) is 47.1 Å². The summed E-state index contributed by atoms with van der Waals surface area (Å²) in [5, 5.41) is 2.73. The summed E-state index contributed by atoms with van der Waals surface area (Å²) in [4.78, 5) is 26.1. The van der Waals surface area contributed by atoms with Crippen LogP contribution in [0.5, 0.6) is 0 Å². The average molecular weight is 314 g/mol. The summed E-state index contributed by atoms with van der Waals surface area (Å²) in [6.07, 6.45) is 2.40. The highest BCUT2D eigenvalue weighted by Crippen LogP contribution is 2.14. The van der Waals surface area contributed by atoms with E-state index in [-0.39, 0.29) is 17.6 Å². The zero-order valence-corrected chi connectivity index (χ0v) is 13.7. The van der Waals surface area contributed by atoms with E-state index in [0.29, 0.717) is 23.7 Å². The molecule has 1 N–H and O–H groups in total. The van der Waals surface area contributed by atoms with Gasteiger partial charge in [0.15, 0.2) is 5.76 Å². The van der Waals surface area contributed by atoms with Gasteiger partial charge in [-0.05, 0) is 42.7 Å². The van der Waals surface area contributed by atoms with E-state index in [9.17, 15) is 9.59 Å². The van der Waals surface area contributed by atoms with Gasteiger partial charge in [-0.15, -0.1) is 0 Å². The molecule has 5 nitrogen and oxygen atoms in total. The number of amides is 2. The van der Waals surface area contributed by atoms with Crippen LogP contribution < -0.4 is 5.32 Å². The number of hydrogen-bond acceptors (Lipinski definition) is 3. The third-order valence-electron chi connectivity index (χ3n) is 3.50. The van der Waals surface area contributed by atoms with Crippen molar-refractivity contribution in [2.75, 3.05) is 18.9 Å². The number of benzene rings is 1. The fourth-order valence-electron chi connectivity index (χ4n) is 2.10. The van der Waals surface area contributed by atoms with Crippen molar-refractivity contribution in [1.82, 2.24) is 4.90 Å². The minimum Gasteiger partial charge on any atom is -0.459 e. The number of furan rings is 1. The summed E-state index contributed by atoms with van der Waals surface area (Å²) in [6, 6.07) is 10.2. The molecule has 2 rings (SSSR count). The molecule has 0 saturated heterocycles. The molecule has 0 fully saturated rings. The molecular formula is C18H22N2O3. The fourth-order valence-corrected chi connectivity index (χ4v) is 2.10. The van der Waals surface area contributed by atoms with Crippen LogP contribution in [0.3, 0.4) is 0 Å². The summed E-state index contributed by atoms with van der Waals surface area (Å²) in [5.41, 5.74) is 1.11. The fraction of sp³-hybridized carbons (Fsp3) is 0.333. The highest BCUT2D eigenvalue weighted by atomic mass is 16.3. The van der Waals surface area contributed by atoms with Crippen molar-refractivity contribution >= 4 is 17.5 Å². The van der Waals surface area contributed by atoms with Gasteiger partial charge in [-0.25, -0.2) is 0 Å². The minimum atomic E-state index is -0.340. The normalized spacial score (nSPS) is 10.6. The molecule has 23 heavy (non-hydrogen) atoms. The van der Waals surface area contributed by atoms with Crippen molar-refractivity contribution in [3.05, 3.63) is 54.0 Å². The minimum absolute atomic E-state index is 0.0558. The maximum Gasteiger partial charge on any atom is 0.291 e. The predicted octanol–water partition coefficient (Wildman–Crippen LogP) is 3.65. The van der Waals surface area contributed by atoms with E-state index in [2.05, 4.69) is 19.2 Å². The number of carbonyl (C=O) groups is 2. The van der Waals surface area contributed by atoms with E-state index in [4.69, 9.17) is 4.42 Å². The predicted molar refractivity (Wildman–Crippen MR) is 89.5 cm³/mol. The van der Waals surface area contributed by atoms with Crippen LogP contribution in [0.25, 0.3) is 0 Å². The van der Waals surface area contributed by atoms with Crippen LogP contribution in [0.2, 0.25) is 0 Å². The molecule has 0 unspecified atom stereocenters. The molecule has 0 saturated carbocycles. The Bertz CT molecular complexity index is 663. The van der Waals surface area contributed by atoms with Crippen molar-refractivity contribution in [2.24, 2.45) is 5.92 Å². The standard InChI is InChI=1S/C18H22N2O3/c1-13(2)9-10-20(3)18(22)14-6-4-7-15(12-14)19-17(21)16-8-5-11-23-16/h4-8,11-13H,9-10H2,1-3H3,(H,19,21). The molecule has 122 valence electrons. The lowest BCUT2D eigenvalue weighted by Gasteiger charge is -2.18. The van der Waals surface area contributed by atoms with E-state index < -0.39 is 0 Å². The highest BCUT2D eigenvalue weighted by Gasteiger charge is 2.14. The average Bonchev–Trinajstić information content (AvgIpc) is 3.06. The molecule has 0 aliphatic heterocycles. The van der Waals surface area contributed by atoms with Gasteiger partial charge in [-0.1, -0.05) is 19.9 Å². The van der Waals surface area contributed by atoms with Gasteiger partial charge in [-0.2, -0.15) is 0 Å². The quantitative estimate of drug-likeness (QED) is 0.885. The largest absolute Gasteiger partial charge is 0.459 e. The van der Waals surface area contributed by atoms with Gasteiger partial charge in [0.25, 0.3) is 11.8 Å². The van der Waals surface area contributed by atoms with E-state index in [1.54, 1.807) is 48.3 Å². The number of nitrogens with one attached hydrogen (secondary N) is 1. The van der Waals surface area contributed by atoms with Crippen molar-refractivity contribution < 1.29 is 14.0 Å². The molecule has 1 heterocycles. The Kier molecular flexibility index (Phi) is 5.57. The van der Waals surface area contributed by atoms with Gasteiger partial charge in [0.05, 0.1) is 6.26 Å². The summed E-state index contributed by atoms with van der Waals surface area (Å²) in [5.74, 6) is 0.382. The molecular weight excluding hydrogens is 292 g/mol. The van der Waals surface area contributed by atoms with Gasteiger partial charge in [0.2, 0.25) is 0 Å². The molecule has 1 aromatic carbocycles. The Hall–Kier alpha value is -2.56. The number of carbonyl (C=O) groups excluding carboxylic acids is 2. The first-order valence-electron chi connectivity index (χ1n) is 7.67. The van der Waals surface area contributed by atoms with Crippen molar-refractivity contribution in [1.29, 1.82) is 0 Å². The van der Waals surface area contributed by atoms with E-state index in [0.717, 1.165) is 6.42 Å². The van der Waals surface area contributed by atoms with Gasteiger partial charge in [0, 0.05) is 24.8 Å². The lowest BCUT2D eigenvalue weighted by molar-refractivity contribution is 0.0788. The number of anilines is 1. The van der Waals surface area contributed by atoms with Crippen LogP contribution in [-0.2, 0) is 0 Å². The van der Waals surface area contributed by atoms with Gasteiger partial charge >= 0.3 is 0 Å². The Morgan fingerprint density at radius 3 is 2.65 bits per heavy atom. The van der Waals surface area contributed by atoms with E-state index in [1.807, 2.05) is 0 Å². The summed E-state index contributed by atoms with van der Waals surface area (Å²) < 4.78 is 5.05. The lowest BCUT2D eigenvalue weighted by Crippen LogP contribution is -2.28. The molecule has 2 amide bonds. The summed E-state index contributed by atoms with van der Waals surface area (Å²) in [7, 11) is 1.79. The van der Waals surface area contributed by atoms with E-state index >= 15 is 0 Å². The Morgan fingerprint density at radius 2 is 2.00 bits per heavy atom. The Morgan fingerprint density at radius 1 is 1.22 bits per heavy atom. The first-order valence-corrected chi connectivity index (χ1v) is 7.67. The second-order valence-corrected chi connectivity index (χ2v) is 5.92. The molecule has 0 atom stereocenters. The molecule has 2 aromatic rings. The molecule has 0 spiro atoms. The van der Waals surface area contributed by atoms with Crippen LogP contribution in [0.4, 0.5) is 5.69 Å². The highest BCUT2D eigenvalue weighted by molar-refractivity contribution is 6.03. The monoisotopic (exact) mass is 314 g/mol. The third-order valence-corrected chi connectivity index (χ3v) is 3.50. The Labute approximate surface area is 136 Å². The van der Waals surface area contributed by atoms with Crippen LogP contribution >= 0.6 is 0 Å². The molecule has 0 aliphatic rings. The Balaban J connectivity index is 2.04. The van der Waals surface area contributed by atoms with Crippen molar-refractivity contribution in [2.45, 2.75) is 20.3 Å². The number of hydrogen-bond donors (Lipinski definition) is 1. The van der Waals surface area contributed by atoms with Gasteiger partial charge in [-0.3, -0.25) is 9.59 Å². The second kappa shape index (κ2) is 7.63. The lowest BCUT2D eigenvalue weighted by atomic mass is 10.1. The number of rotatable bonds is 6. The SMILES string of the molecule is CC(C)CCN(C)C(=O)c1cccc(NC(=O)c2ccco2)c1. The maximum absolute atomic E-state index is 12.4. The smallest absolute Gasteiger partial charge is 0.291 e. The molecule has 0 bridgehead atoms. The van der Waals surface area contributed by atoms with Crippen LogP contribution in [0.1, 0.15) is 41.2 Å². The molecule has 0 radical (unpaired) electrons. The molecule has 1 aromatic heterocycles. The topological polar surface area (TPSA) is 62.6 Å².